The molecule has 2 rings (SSSR count). The third kappa shape index (κ3) is 2.36. The van der Waals surface area contributed by atoms with Gasteiger partial charge in [-0.1, -0.05) is 29.4 Å². The van der Waals surface area contributed by atoms with Crippen LogP contribution in [0.2, 0.25) is 0 Å². The molecule has 80 valence electrons. The monoisotopic (exact) mass is 215 g/mol. The van der Waals surface area contributed by atoms with Crippen molar-refractivity contribution in [3.63, 3.8) is 0 Å². The number of carboxylic acid groups (broad SMARTS) is 1. The molecule has 1 heterocycles. The lowest BCUT2D eigenvalue weighted by Gasteiger charge is -1.96. The van der Waals surface area contributed by atoms with E-state index >= 15 is 0 Å². The van der Waals surface area contributed by atoms with Crippen molar-refractivity contribution in [1.82, 2.24) is 5.16 Å². The van der Waals surface area contributed by atoms with E-state index in [1.807, 2.05) is 24.3 Å². The fourth-order valence-electron chi connectivity index (χ4n) is 1.29. The number of carboxylic acids is 1. The lowest BCUT2D eigenvalue weighted by atomic mass is 10.1. The van der Waals surface area contributed by atoms with Gasteiger partial charge in [0.1, 0.15) is 12.0 Å². The SMILES string of the molecule is O=C(O)/C=C/c1ccc(-c2ccon2)cc1. The third-order valence-electron chi connectivity index (χ3n) is 2.06. The summed E-state index contributed by atoms with van der Waals surface area (Å²) in [6.07, 6.45) is 4.15. The van der Waals surface area contributed by atoms with Gasteiger partial charge in [0.2, 0.25) is 0 Å². The van der Waals surface area contributed by atoms with Crippen LogP contribution in [-0.4, -0.2) is 16.2 Å². The van der Waals surface area contributed by atoms with E-state index in [1.165, 1.54) is 12.3 Å². The Morgan fingerprint density at radius 3 is 2.56 bits per heavy atom. The first-order chi connectivity index (χ1) is 7.75. The summed E-state index contributed by atoms with van der Waals surface area (Å²) < 4.78 is 4.74. The Morgan fingerprint density at radius 2 is 2.00 bits per heavy atom. The van der Waals surface area contributed by atoms with E-state index in [4.69, 9.17) is 9.63 Å². The predicted octanol–water partition coefficient (Wildman–Crippen LogP) is 2.44. The van der Waals surface area contributed by atoms with Crippen LogP contribution in [0.4, 0.5) is 0 Å². The van der Waals surface area contributed by atoms with Crippen molar-refractivity contribution in [2.75, 3.05) is 0 Å². The zero-order valence-electron chi connectivity index (χ0n) is 8.33. The van der Waals surface area contributed by atoms with Gasteiger partial charge in [-0.25, -0.2) is 4.79 Å². The molecule has 0 fully saturated rings. The molecular weight excluding hydrogens is 206 g/mol. The molecule has 0 spiro atoms. The van der Waals surface area contributed by atoms with E-state index in [1.54, 1.807) is 6.07 Å². The maximum Gasteiger partial charge on any atom is 0.328 e. The molecule has 0 bridgehead atoms. The van der Waals surface area contributed by atoms with E-state index < -0.39 is 5.97 Å². The Morgan fingerprint density at radius 1 is 1.25 bits per heavy atom. The van der Waals surface area contributed by atoms with Gasteiger partial charge in [0, 0.05) is 17.7 Å². The largest absolute Gasteiger partial charge is 0.478 e. The summed E-state index contributed by atoms with van der Waals surface area (Å²) in [4.78, 5) is 10.3. The van der Waals surface area contributed by atoms with Gasteiger partial charge in [-0.05, 0) is 11.6 Å². The molecule has 4 heteroatoms. The van der Waals surface area contributed by atoms with Crippen molar-refractivity contribution < 1.29 is 14.4 Å². The maximum atomic E-state index is 10.3. The van der Waals surface area contributed by atoms with Crippen LogP contribution < -0.4 is 0 Å². The van der Waals surface area contributed by atoms with Crippen LogP contribution in [0, 0.1) is 0 Å². The second-order valence-corrected chi connectivity index (χ2v) is 3.18. The standard InChI is InChI=1S/C12H9NO3/c14-12(15)6-3-9-1-4-10(5-2-9)11-7-8-16-13-11/h1-8H,(H,14,15)/b6-3+. The lowest BCUT2D eigenvalue weighted by Crippen LogP contribution is -1.85. The van der Waals surface area contributed by atoms with Gasteiger partial charge in [0.15, 0.2) is 0 Å². The first-order valence-corrected chi connectivity index (χ1v) is 4.67. The summed E-state index contributed by atoms with van der Waals surface area (Å²) in [7, 11) is 0. The highest BCUT2D eigenvalue weighted by atomic mass is 16.5. The lowest BCUT2D eigenvalue weighted by molar-refractivity contribution is -0.131. The second-order valence-electron chi connectivity index (χ2n) is 3.18. The first-order valence-electron chi connectivity index (χ1n) is 4.67. The second kappa shape index (κ2) is 4.44. The van der Waals surface area contributed by atoms with Crippen molar-refractivity contribution in [1.29, 1.82) is 0 Å². The maximum absolute atomic E-state index is 10.3. The summed E-state index contributed by atoms with van der Waals surface area (Å²) in [6.45, 7) is 0. The molecule has 4 nitrogen and oxygen atoms in total. The van der Waals surface area contributed by atoms with Crippen molar-refractivity contribution >= 4 is 12.0 Å². The summed E-state index contributed by atoms with van der Waals surface area (Å²) >= 11 is 0. The van der Waals surface area contributed by atoms with E-state index in [0.717, 1.165) is 22.9 Å². The van der Waals surface area contributed by atoms with Gasteiger partial charge in [0.05, 0.1) is 0 Å². The number of hydrogen-bond donors (Lipinski definition) is 1. The first kappa shape index (κ1) is 10.2. The highest BCUT2D eigenvalue weighted by Crippen LogP contribution is 2.17. The van der Waals surface area contributed by atoms with Crippen LogP contribution in [0.1, 0.15) is 5.56 Å². The molecule has 0 aliphatic carbocycles. The quantitative estimate of drug-likeness (QED) is 0.798. The average Bonchev–Trinajstić information content (AvgIpc) is 2.80. The van der Waals surface area contributed by atoms with Crippen molar-refractivity contribution in [2.45, 2.75) is 0 Å². The number of benzene rings is 1. The predicted molar refractivity (Wildman–Crippen MR) is 58.6 cm³/mol. The van der Waals surface area contributed by atoms with Gasteiger partial charge >= 0.3 is 5.97 Å². The van der Waals surface area contributed by atoms with Crippen LogP contribution in [0.5, 0.6) is 0 Å². The Bertz CT molecular complexity index is 498. The number of aliphatic carboxylic acids is 1. The van der Waals surface area contributed by atoms with Gasteiger partial charge < -0.3 is 9.63 Å². The van der Waals surface area contributed by atoms with Crippen molar-refractivity contribution in [2.24, 2.45) is 0 Å². The number of carbonyl (C=O) groups is 1. The molecule has 0 atom stereocenters. The number of hydrogen-bond acceptors (Lipinski definition) is 3. The Labute approximate surface area is 91.8 Å². The summed E-state index contributed by atoms with van der Waals surface area (Å²) in [5.74, 6) is -0.958. The Balaban J connectivity index is 2.20. The number of rotatable bonds is 3. The summed E-state index contributed by atoms with van der Waals surface area (Å²) in [6, 6.07) is 9.13. The third-order valence-corrected chi connectivity index (χ3v) is 2.06. The molecule has 0 amide bonds. The molecule has 2 aromatic rings. The van der Waals surface area contributed by atoms with E-state index in [0.29, 0.717) is 0 Å². The molecular formula is C12H9NO3. The van der Waals surface area contributed by atoms with Crippen LogP contribution in [0.25, 0.3) is 17.3 Å². The normalized spacial score (nSPS) is 10.8. The van der Waals surface area contributed by atoms with E-state index in [2.05, 4.69) is 5.16 Å². The van der Waals surface area contributed by atoms with Crippen molar-refractivity contribution in [3.8, 4) is 11.3 Å². The molecule has 0 unspecified atom stereocenters. The van der Waals surface area contributed by atoms with E-state index in [9.17, 15) is 4.79 Å². The van der Waals surface area contributed by atoms with Crippen molar-refractivity contribution in [3.05, 3.63) is 48.2 Å². The summed E-state index contributed by atoms with van der Waals surface area (Å²) in [5.41, 5.74) is 2.52. The zero-order chi connectivity index (χ0) is 11.4. The van der Waals surface area contributed by atoms with Crippen LogP contribution >= 0.6 is 0 Å². The molecule has 0 aliphatic rings. The van der Waals surface area contributed by atoms with Crippen LogP contribution in [0.15, 0.2) is 47.2 Å². The molecule has 1 aromatic heterocycles. The van der Waals surface area contributed by atoms with Gasteiger partial charge in [0.25, 0.3) is 0 Å². The average molecular weight is 215 g/mol. The minimum atomic E-state index is -0.958. The van der Waals surface area contributed by atoms with Crippen LogP contribution in [-0.2, 0) is 4.79 Å². The minimum Gasteiger partial charge on any atom is -0.478 e. The number of aromatic nitrogens is 1. The smallest absolute Gasteiger partial charge is 0.328 e. The fourth-order valence-corrected chi connectivity index (χ4v) is 1.29. The Hall–Kier alpha value is -2.36. The minimum absolute atomic E-state index is 0.758. The van der Waals surface area contributed by atoms with Gasteiger partial charge in [-0.3, -0.25) is 0 Å². The van der Waals surface area contributed by atoms with Gasteiger partial charge in [-0.15, -0.1) is 0 Å². The van der Waals surface area contributed by atoms with Crippen LogP contribution in [0.3, 0.4) is 0 Å². The zero-order valence-corrected chi connectivity index (χ0v) is 8.33. The summed E-state index contributed by atoms with van der Waals surface area (Å²) in [5, 5.41) is 12.3. The number of nitrogens with zero attached hydrogens (tertiary/aromatic N) is 1. The Kier molecular flexibility index (Phi) is 2.82. The molecule has 1 aromatic carbocycles. The van der Waals surface area contributed by atoms with E-state index in [-0.39, 0.29) is 0 Å². The van der Waals surface area contributed by atoms with Gasteiger partial charge in [-0.2, -0.15) is 0 Å². The molecule has 16 heavy (non-hydrogen) atoms. The molecule has 0 aliphatic heterocycles. The highest BCUT2D eigenvalue weighted by Gasteiger charge is 1.99. The molecule has 0 saturated carbocycles. The molecule has 0 radical (unpaired) electrons. The topological polar surface area (TPSA) is 63.3 Å². The molecule has 0 saturated heterocycles. The fraction of sp³-hybridized carbons (Fsp3) is 0. The highest BCUT2D eigenvalue weighted by molar-refractivity contribution is 5.85. The molecule has 1 N–H and O–H groups in total.